The van der Waals surface area contributed by atoms with E-state index in [1.165, 1.54) is 0 Å². The van der Waals surface area contributed by atoms with Crippen molar-refractivity contribution in [1.29, 1.82) is 0 Å². The molecule has 1 aromatic carbocycles. The molecule has 1 atom stereocenters. The zero-order valence-electron chi connectivity index (χ0n) is 15.9. The Hall–Kier alpha value is -3.42. The predicted octanol–water partition coefficient (Wildman–Crippen LogP) is 2.66. The van der Waals surface area contributed by atoms with Gasteiger partial charge in [-0.05, 0) is 12.8 Å². The van der Waals surface area contributed by atoms with Crippen LogP contribution in [0.1, 0.15) is 35.1 Å². The van der Waals surface area contributed by atoms with Gasteiger partial charge in [0.2, 0.25) is 0 Å². The number of amides is 1. The topological polar surface area (TPSA) is 93.2 Å². The molecule has 2 aliphatic heterocycles. The highest BCUT2D eigenvalue weighted by Gasteiger charge is 2.29. The maximum absolute atomic E-state index is 13.0. The number of carbonyl (C=O) groups is 1. The van der Waals surface area contributed by atoms with E-state index in [-0.39, 0.29) is 11.8 Å². The predicted molar refractivity (Wildman–Crippen MR) is 105 cm³/mol. The van der Waals surface area contributed by atoms with Gasteiger partial charge in [0.05, 0.1) is 6.20 Å². The molecule has 2 aliphatic rings. The van der Waals surface area contributed by atoms with Crippen LogP contribution in [-0.4, -0.2) is 57.3 Å². The number of fused-ring (bicyclic) bond motifs is 1. The van der Waals surface area contributed by atoms with Crippen molar-refractivity contribution in [2.45, 2.75) is 18.8 Å². The van der Waals surface area contributed by atoms with Crippen LogP contribution in [0.2, 0.25) is 0 Å². The van der Waals surface area contributed by atoms with Gasteiger partial charge in [0.1, 0.15) is 24.7 Å². The van der Waals surface area contributed by atoms with E-state index in [1.807, 2.05) is 35.2 Å². The smallest absolute Gasteiger partial charge is 0.272 e. The third-order valence-electron chi connectivity index (χ3n) is 5.28. The normalized spacial score (nSPS) is 18.5. The second-order valence-corrected chi connectivity index (χ2v) is 7.21. The maximum atomic E-state index is 13.0. The molecule has 1 N–H and O–H groups in total. The molecule has 1 unspecified atom stereocenters. The van der Waals surface area contributed by atoms with Crippen LogP contribution in [0.15, 0.2) is 42.6 Å². The summed E-state index contributed by atoms with van der Waals surface area (Å²) in [5.41, 5.74) is 1.34. The highest BCUT2D eigenvalue weighted by Crippen LogP contribution is 2.31. The summed E-state index contributed by atoms with van der Waals surface area (Å²) >= 11 is 0. The number of carbonyl (C=O) groups excluding carboxylic acids is 1. The third-order valence-corrected chi connectivity index (χ3v) is 5.28. The summed E-state index contributed by atoms with van der Waals surface area (Å²) in [6.07, 6.45) is 3.43. The number of ether oxygens (including phenoxy) is 2. The first-order valence-corrected chi connectivity index (χ1v) is 9.80. The minimum absolute atomic E-state index is 0.102. The SMILES string of the molecule is O=C(c1cc2c(cn1)OCCO2)N1CCCC(c2nc(-c3ccccc3)n[nH]2)C1. The molecule has 1 fully saturated rings. The van der Waals surface area contributed by atoms with Crippen molar-refractivity contribution in [2.75, 3.05) is 26.3 Å². The molecule has 2 aromatic heterocycles. The summed E-state index contributed by atoms with van der Waals surface area (Å²) in [6, 6.07) is 11.5. The molecular weight excluding hydrogens is 370 g/mol. The summed E-state index contributed by atoms with van der Waals surface area (Å²) in [7, 11) is 0. The van der Waals surface area contributed by atoms with Gasteiger partial charge in [-0.15, -0.1) is 0 Å². The van der Waals surface area contributed by atoms with E-state index in [1.54, 1.807) is 12.3 Å². The van der Waals surface area contributed by atoms with Crippen LogP contribution < -0.4 is 9.47 Å². The fraction of sp³-hybridized carbons (Fsp3) is 0.333. The molecule has 1 saturated heterocycles. The summed E-state index contributed by atoms with van der Waals surface area (Å²) in [5.74, 6) is 2.67. The first-order chi connectivity index (χ1) is 14.3. The zero-order chi connectivity index (χ0) is 19.6. The number of hydrogen-bond donors (Lipinski definition) is 1. The molecule has 0 bridgehead atoms. The number of H-pyrrole nitrogens is 1. The lowest BCUT2D eigenvalue weighted by Gasteiger charge is -2.31. The van der Waals surface area contributed by atoms with Gasteiger partial charge in [-0.1, -0.05) is 30.3 Å². The van der Waals surface area contributed by atoms with Crippen molar-refractivity contribution in [3.63, 3.8) is 0 Å². The number of rotatable bonds is 3. The van der Waals surface area contributed by atoms with E-state index in [2.05, 4.69) is 20.2 Å². The van der Waals surface area contributed by atoms with Crippen LogP contribution in [0, 0.1) is 0 Å². The van der Waals surface area contributed by atoms with Gasteiger partial charge in [0, 0.05) is 30.6 Å². The van der Waals surface area contributed by atoms with Gasteiger partial charge in [0.25, 0.3) is 5.91 Å². The van der Waals surface area contributed by atoms with E-state index in [0.29, 0.717) is 49.3 Å². The van der Waals surface area contributed by atoms with Crippen molar-refractivity contribution in [3.05, 3.63) is 54.1 Å². The molecule has 5 rings (SSSR count). The monoisotopic (exact) mass is 391 g/mol. The van der Waals surface area contributed by atoms with E-state index < -0.39 is 0 Å². The van der Waals surface area contributed by atoms with Crippen LogP contribution in [0.3, 0.4) is 0 Å². The average molecular weight is 391 g/mol. The van der Waals surface area contributed by atoms with Crippen LogP contribution in [-0.2, 0) is 0 Å². The number of nitrogens with one attached hydrogen (secondary N) is 1. The first kappa shape index (κ1) is 17.7. The largest absolute Gasteiger partial charge is 0.486 e. The number of aromatic nitrogens is 4. The number of likely N-dealkylation sites (tertiary alicyclic amines) is 1. The molecule has 0 radical (unpaired) electrons. The van der Waals surface area contributed by atoms with Crippen LogP contribution in [0.5, 0.6) is 11.5 Å². The van der Waals surface area contributed by atoms with Crippen molar-refractivity contribution < 1.29 is 14.3 Å². The Bertz CT molecular complexity index is 1020. The molecule has 0 aliphatic carbocycles. The molecule has 8 heteroatoms. The van der Waals surface area contributed by atoms with E-state index in [9.17, 15) is 4.79 Å². The minimum atomic E-state index is -0.102. The van der Waals surface area contributed by atoms with Gasteiger partial charge in [0.15, 0.2) is 17.3 Å². The van der Waals surface area contributed by atoms with Crippen molar-refractivity contribution in [2.24, 2.45) is 0 Å². The van der Waals surface area contributed by atoms with Crippen LogP contribution >= 0.6 is 0 Å². The molecule has 8 nitrogen and oxygen atoms in total. The Morgan fingerprint density at radius 3 is 2.83 bits per heavy atom. The van der Waals surface area contributed by atoms with Crippen molar-refractivity contribution in [3.8, 4) is 22.9 Å². The van der Waals surface area contributed by atoms with Gasteiger partial charge in [-0.25, -0.2) is 9.97 Å². The quantitative estimate of drug-likeness (QED) is 0.738. The molecular formula is C21H21N5O3. The van der Waals surface area contributed by atoms with Crippen LogP contribution in [0.4, 0.5) is 0 Å². The number of nitrogens with zero attached hydrogens (tertiary/aromatic N) is 4. The standard InChI is InChI=1S/C21H21N5O3/c27-21(16-11-17-18(12-22-16)29-10-9-28-17)26-8-4-7-15(13-26)20-23-19(24-25-20)14-5-2-1-3-6-14/h1-3,5-6,11-12,15H,4,7-10,13H2,(H,23,24,25). The third kappa shape index (κ3) is 3.53. The van der Waals surface area contributed by atoms with Crippen molar-refractivity contribution >= 4 is 5.91 Å². The Kier molecular flexibility index (Phi) is 4.59. The van der Waals surface area contributed by atoms with Gasteiger partial charge >= 0.3 is 0 Å². The fourth-order valence-corrected chi connectivity index (χ4v) is 3.79. The molecule has 0 saturated carbocycles. The number of aromatic amines is 1. The number of piperidine rings is 1. The molecule has 3 aromatic rings. The van der Waals surface area contributed by atoms with Gasteiger partial charge < -0.3 is 14.4 Å². The second kappa shape index (κ2) is 7.54. The summed E-state index contributed by atoms with van der Waals surface area (Å²) in [6.45, 7) is 2.26. The average Bonchev–Trinajstić information content (AvgIpc) is 3.29. The molecule has 4 heterocycles. The summed E-state index contributed by atoms with van der Waals surface area (Å²) in [4.78, 5) is 23.8. The zero-order valence-corrected chi connectivity index (χ0v) is 15.9. The molecule has 148 valence electrons. The minimum Gasteiger partial charge on any atom is -0.486 e. The van der Waals surface area contributed by atoms with Crippen molar-refractivity contribution in [1.82, 2.24) is 25.1 Å². The van der Waals surface area contributed by atoms with Gasteiger partial charge in [-0.3, -0.25) is 9.89 Å². The van der Waals surface area contributed by atoms with E-state index in [4.69, 9.17) is 9.47 Å². The highest BCUT2D eigenvalue weighted by molar-refractivity contribution is 5.93. The first-order valence-electron chi connectivity index (χ1n) is 9.80. The number of hydrogen-bond acceptors (Lipinski definition) is 6. The number of benzene rings is 1. The Labute approximate surface area is 167 Å². The summed E-state index contributed by atoms with van der Waals surface area (Å²) in [5, 5.41) is 7.42. The van der Waals surface area contributed by atoms with E-state index >= 15 is 0 Å². The molecule has 0 spiro atoms. The lowest BCUT2D eigenvalue weighted by Crippen LogP contribution is -2.39. The number of pyridine rings is 1. The lowest BCUT2D eigenvalue weighted by atomic mass is 9.97. The lowest BCUT2D eigenvalue weighted by molar-refractivity contribution is 0.0697. The maximum Gasteiger partial charge on any atom is 0.272 e. The molecule has 1 amide bonds. The highest BCUT2D eigenvalue weighted by atomic mass is 16.6. The summed E-state index contributed by atoms with van der Waals surface area (Å²) < 4.78 is 11.1. The Morgan fingerprint density at radius 1 is 1.14 bits per heavy atom. The fourth-order valence-electron chi connectivity index (χ4n) is 3.79. The van der Waals surface area contributed by atoms with Gasteiger partial charge in [-0.2, -0.15) is 5.10 Å². The van der Waals surface area contributed by atoms with E-state index in [0.717, 1.165) is 24.2 Å². The molecule has 29 heavy (non-hydrogen) atoms. The van der Waals surface area contributed by atoms with Crippen LogP contribution in [0.25, 0.3) is 11.4 Å². The Balaban J connectivity index is 1.32. The Morgan fingerprint density at radius 2 is 1.97 bits per heavy atom. The second-order valence-electron chi connectivity index (χ2n) is 7.21.